The van der Waals surface area contributed by atoms with Crippen LogP contribution in [0.25, 0.3) is 0 Å². The second kappa shape index (κ2) is 14.1. The van der Waals surface area contributed by atoms with Crippen LogP contribution in [0.15, 0.2) is 42.5 Å². The van der Waals surface area contributed by atoms with Gasteiger partial charge in [-0.15, -0.1) is 0 Å². The van der Waals surface area contributed by atoms with Crippen molar-refractivity contribution in [2.45, 2.75) is 57.3 Å². The molecule has 3 aliphatic rings. The fraction of sp³-hybridized carbons (Fsp3) is 0.576. The third-order valence-corrected chi connectivity index (χ3v) is 8.92. The van der Waals surface area contributed by atoms with Gasteiger partial charge in [-0.25, -0.2) is 0 Å². The van der Waals surface area contributed by atoms with Crippen LogP contribution in [0, 0.1) is 11.8 Å². The summed E-state index contributed by atoms with van der Waals surface area (Å²) in [5.74, 6) is 1.76. The highest BCUT2D eigenvalue weighted by Crippen LogP contribution is 2.45. The van der Waals surface area contributed by atoms with Crippen molar-refractivity contribution in [1.82, 2.24) is 10.2 Å². The zero-order valence-electron chi connectivity index (χ0n) is 24.4. The van der Waals surface area contributed by atoms with Gasteiger partial charge in [-0.2, -0.15) is 0 Å². The van der Waals surface area contributed by atoms with Crippen LogP contribution in [-0.2, 0) is 4.79 Å². The van der Waals surface area contributed by atoms with E-state index in [0.717, 1.165) is 81.2 Å². The van der Waals surface area contributed by atoms with Gasteiger partial charge in [0, 0.05) is 32.2 Å². The Morgan fingerprint density at radius 3 is 2.46 bits per heavy atom. The average molecular weight is 564 g/mol. The van der Waals surface area contributed by atoms with Crippen molar-refractivity contribution in [3.05, 3.63) is 53.6 Å². The van der Waals surface area contributed by atoms with E-state index in [4.69, 9.17) is 9.47 Å². The number of hydrogen-bond acceptors (Lipinski definition) is 6. The lowest BCUT2D eigenvalue weighted by atomic mass is 9.91. The Kier molecular flexibility index (Phi) is 10.0. The molecular formula is C33H45N3O5. The quantitative estimate of drug-likeness (QED) is 0.347. The number of carboxylic acid groups (broad SMARTS) is 1. The van der Waals surface area contributed by atoms with Gasteiger partial charge >= 0.3 is 5.97 Å². The monoisotopic (exact) mass is 563 g/mol. The molecule has 2 aliphatic heterocycles. The first-order valence-electron chi connectivity index (χ1n) is 15.4. The summed E-state index contributed by atoms with van der Waals surface area (Å²) in [6.07, 6.45) is 8.13. The molecule has 41 heavy (non-hydrogen) atoms. The summed E-state index contributed by atoms with van der Waals surface area (Å²) in [6.45, 7) is 6.12. The predicted molar refractivity (Wildman–Crippen MR) is 160 cm³/mol. The van der Waals surface area contributed by atoms with Crippen LogP contribution in [0.2, 0.25) is 0 Å². The normalized spacial score (nSPS) is 19.0. The number of hydrogen-bond donors (Lipinski definition) is 2. The number of benzene rings is 2. The number of carboxylic acids is 1. The van der Waals surface area contributed by atoms with Gasteiger partial charge in [-0.3, -0.25) is 9.59 Å². The largest absolute Gasteiger partial charge is 0.497 e. The summed E-state index contributed by atoms with van der Waals surface area (Å²) in [4.78, 5) is 29.3. The van der Waals surface area contributed by atoms with E-state index in [0.29, 0.717) is 30.6 Å². The molecule has 0 spiro atoms. The molecule has 0 bridgehead atoms. The maximum atomic E-state index is 13.2. The number of ether oxygens (including phenoxy) is 2. The van der Waals surface area contributed by atoms with E-state index in [-0.39, 0.29) is 18.2 Å². The highest BCUT2D eigenvalue weighted by molar-refractivity contribution is 6.00. The zero-order valence-corrected chi connectivity index (χ0v) is 24.4. The minimum Gasteiger partial charge on any atom is -0.497 e. The van der Waals surface area contributed by atoms with Crippen molar-refractivity contribution in [3.63, 3.8) is 0 Å². The number of nitrogens with zero attached hydrogens (tertiary/aromatic N) is 2. The molecule has 2 aromatic carbocycles. The first-order valence-corrected chi connectivity index (χ1v) is 15.4. The number of nitrogens with one attached hydrogen (secondary N) is 1. The second-order valence-electron chi connectivity index (χ2n) is 11.9. The molecule has 5 rings (SSSR count). The van der Waals surface area contributed by atoms with Crippen LogP contribution in [0.1, 0.15) is 73.2 Å². The highest BCUT2D eigenvalue weighted by Gasteiger charge is 2.34. The molecule has 8 nitrogen and oxygen atoms in total. The van der Waals surface area contributed by atoms with Gasteiger partial charge in [0.2, 0.25) is 0 Å². The summed E-state index contributed by atoms with van der Waals surface area (Å²) >= 11 is 0. The maximum Gasteiger partial charge on any atom is 0.303 e. The fourth-order valence-corrected chi connectivity index (χ4v) is 6.33. The number of methoxy groups -OCH3 is 1. The molecule has 222 valence electrons. The van der Waals surface area contributed by atoms with E-state index in [2.05, 4.69) is 15.1 Å². The lowest BCUT2D eigenvalue weighted by Crippen LogP contribution is -2.39. The minimum absolute atomic E-state index is 0.0302. The molecule has 8 heteroatoms. The SMILES string of the molecule is COc1ccc(C(=O)NCCN2CCCCC2)c(N2CCC(COc3cccc(C(CC(=O)O)C4CC4)c3)CC2)c1. The molecule has 1 atom stereocenters. The Morgan fingerprint density at radius 2 is 1.76 bits per heavy atom. The van der Waals surface area contributed by atoms with E-state index >= 15 is 0 Å². The van der Waals surface area contributed by atoms with Gasteiger partial charge in [0.1, 0.15) is 11.5 Å². The van der Waals surface area contributed by atoms with Gasteiger partial charge < -0.3 is 29.7 Å². The molecule has 2 aromatic rings. The van der Waals surface area contributed by atoms with Crippen molar-refractivity contribution in [3.8, 4) is 11.5 Å². The average Bonchev–Trinajstić information content (AvgIpc) is 3.85. The lowest BCUT2D eigenvalue weighted by Gasteiger charge is -2.34. The number of likely N-dealkylation sites (tertiary alicyclic amines) is 1. The molecule has 3 fully saturated rings. The molecule has 1 amide bonds. The topological polar surface area (TPSA) is 91.3 Å². The van der Waals surface area contributed by atoms with Crippen LogP contribution in [-0.4, -0.2) is 74.9 Å². The van der Waals surface area contributed by atoms with Gasteiger partial charge in [0.05, 0.1) is 31.4 Å². The van der Waals surface area contributed by atoms with E-state index in [1.807, 2.05) is 42.5 Å². The van der Waals surface area contributed by atoms with E-state index in [1.54, 1.807) is 7.11 Å². The van der Waals surface area contributed by atoms with Crippen LogP contribution in [0.4, 0.5) is 5.69 Å². The Morgan fingerprint density at radius 1 is 0.976 bits per heavy atom. The van der Waals surface area contributed by atoms with Crippen molar-refractivity contribution in [2.24, 2.45) is 11.8 Å². The first kappa shape index (κ1) is 29.2. The number of carbonyl (C=O) groups is 2. The summed E-state index contributed by atoms with van der Waals surface area (Å²) in [6, 6.07) is 13.7. The number of carbonyl (C=O) groups excluding carboxylic acids is 1. The molecule has 2 heterocycles. The number of amides is 1. The number of aliphatic carboxylic acids is 1. The van der Waals surface area contributed by atoms with Crippen LogP contribution >= 0.6 is 0 Å². The van der Waals surface area contributed by atoms with Crippen molar-refractivity contribution < 1.29 is 24.2 Å². The maximum absolute atomic E-state index is 13.2. The Labute approximate surface area is 244 Å². The molecular weight excluding hydrogens is 518 g/mol. The zero-order chi connectivity index (χ0) is 28.6. The van der Waals surface area contributed by atoms with E-state index in [1.165, 1.54) is 19.3 Å². The molecule has 1 saturated carbocycles. The minimum atomic E-state index is -0.742. The van der Waals surface area contributed by atoms with Gasteiger partial charge in [-0.1, -0.05) is 18.6 Å². The molecule has 1 aliphatic carbocycles. The van der Waals surface area contributed by atoms with Gasteiger partial charge in [-0.05, 0) is 99.2 Å². The summed E-state index contributed by atoms with van der Waals surface area (Å²) in [5.41, 5.74) is 2.70. The smallest absolute Gasteiger partial charge is 0.303 e. The summed E-state index contributed by atoms with van der Waals surface area (Å²) in [7, 11) is 1.66. The number of rotatable bonds is 13. The fourth-order valence-electron chi connectivity index (χ4n) is 6.33. The standard InChI is InChI=1S/C33H45N3O5/c1-40-27-10-11-29(33(39)34-14-19-35-15-3-2-4-16-35)31(21-27)36-17-12-24(13-18-36)23-41-28-7-5-6-26(20-28)30(22-32(37)38)25-8-9-25/h5-7,10-11,20-21,24-25,30H,2-4,8-9,12-19,22-23H2,1H3,(H,34,39)(H,37,38). The molecule has 1 unspecified atom stereocenters. The second-order valence-corrected chi connectivity index (χ2v) is 11.9. The Balaban J connectivity index is 1.14. The molecule has 2 saturated heterocycles. The van der Waals surface area contributed by atoms with Crippen molar-refractivity contribution in [2.75, 3.05) is 57.9 Å². The van der Waals surface area contributed by atoms with Crippen LogP contribution < -0.4 is 19.7 Å². The summed E-state index contributed by atoms with van der Waals surface area (Å²) in [5, 5.41) is 12.5. The Bertz CT molecular complexity index is 1170. The van der Waals surface area contributed by atoms with E-state index in [9.17, 15) is 14.7 Å². The predicted octanol–water partition coefficient (Wildman–Crippen LogP) is 5.17. The lowest BCUT2D eigenvalue weighted by molar-refractivity contribution is -0.137. The van der Waals surface area contributed by atoms with Crippen molar-refractivity contribution in [1.29, 1.82) is 0 Å². The first-order chi connectivity index (χ1) is 20.0. The molecule has 2 N–H and O–H groups in total. The summed E-state index contributed by atoms with van der Waals surface area (Å²) < 4.78 is 11.7. The molecule has 0 radical (unpaired) electrons. The van der Waals surface area contributed by atoms with E-state index < -0.39 is 5.97 Å². The molecule has 0 aromatic heterocycles. The third kappa shape index (κ3) is 8.15. The number of piperidine rings is 2. The highest BCUT2D eigenvalue weighted by atomic mass is 16.5. The number of anilines is 1. The van der Waals surface area contributed by atoms with Crippen molar-refractivity contribution >= 4 is 17.6 Å². The van der Waals surface area contributed by atoms with Crippen LogP contribution in [0.5, 0.6) is 11.5 Å². The Hall–Kier alpha value is -3.26. The third-order valence-electron chi connectivity index (χ3n) is 8.92. The van der Waals surface area contributed by atoms with Crippen LogP contribution in [0.3, 0.4) is 0 Å². The van der Waals surface area contributed by atoms with Gasteiger partial charge in [0.15, 0.2) is 0 Å². The van der Waals surface area contributed by atoms with Gasteiger partial charge in [0.25, 0.3) is 5.91 Å².